The van der Waals surface area contributed by atoms with Gasteiger partial charge in [0.25, 0.3) is 0 Å². The van der Waals surface area contributed by atoms with Crippen molar-refractivity contribution < 1.29 is 4.79 Å². The molecule has 1 aliphatic rings. The number of benzene rings is 2. The zero-order valence-corrected chi connectivity index (χ0v) is 18.1. The molecule has 0 saturated carbocycles. The van der Waals surface area contributed by atoms with Crippen molar-refractivity contribution in [2.24, 2.45) is 0 Å². The molecular formula is C20H21Cl3N2OS. The summed E-state index contributed by atoms with van der Waals surface area (Å²) in [4.78, 5) is 16.7. The van der Waals surface area contributed by atoms with Crippen LogP contribution in [0.15, 0.2) is 36.4 Å². The second-order valence-electron chi connectivity index (χ2n) is 6.53. The lowest BCUT2D eigenvalue weighted by atomic mass is 10.1. The number of carbonyl (C=O) groups excluding carboxylic acids is 1. The van der Waals surface area contributed by atoms with E-state index in [2.05, 4.69) is 11.8 Å². The molecule has 1 heterocycles. The standard InChI is InChI=1S/C20H21Cl3N2OS/c1-14-2-4-17(22)11-19(14)24-6-8-25(9-7-24)20(26)13-27-12-15-3-5-16(21)10-18(15)23/h2-5,10-11H,6-9,12-13H2,1H3. The monoisotopic (exact) mass is 442 g/mol. The second kappa shape index (κ2) is 9.42. The Morgan fingerprint density at radius 3 is 2.37 bits per heavy atom. The summed E-state index contributed by atoms with van der Waals surface area (Å²) in [6, 6.07) is 11.4. The van der Waals surface area contributed by atoms with Crippen LogP contribution in [0.1, 0.15) is 11.1 Å². The molecule has 0 radical (unpaired) electrons. The second-order valence-corrected chi connectivity index (χ2v) is 8.79. The molecule has 3 rings (SSSR count). The first-order valence-electron chi connectivity index (χ1n) is 8.74. The zero-order chi connectivity index (χ0) is 19.4. The number of amides is 1. The van der Waals surface area contributed by atoms with Gasteiger partial charge < -0.3 is 9.80 Å². The topological polar surface area (TPSA) is 23.6 Å². The van der Waals surface area contributed by atoms with E-state index in [-0.39, 0.29) is 5.91 Å². The summed E-state index contributed by atoms with van der Waals surface area (Å²) >= 11 is 19.8. The minimum absolute atomic E-state index is 0.174. The lowest BCUT2D eigenvalue weighted by Gasteiger charge is -2.37. The van der Waals surface area contributed by atoms with Crippen molar-refractivity contribution in [1.29, 1.82) is 0 Å². The van der Waals surface area contributed by atoms with Gasteiger partial charge in [0.05, 0.1) is 5.75 Å². The van der Waals surface area contributed by atoms with Crippen molar-refractivity contribution in [3.63, 3.8) is 0 Å². The average molecular weight is 444 g/mol. The average Bonchev–Trinajstić information content (AvgIpc) is 2.65. The van der Waals surface area contributed by atoms with Crippen LogP contribution in [-0.2, 0) is 10.5 Å². The van der Waals surface area contributed by atoms with Crippen LogP contribution >= 0.6 is 46.6 Å². The van der Waals surface area contributed by atoms with E-state index < -0.39 is 0 Å². The van der Waals surface area contributed by atoms with E-state index in [1.54, 1.807) is 17.8 Å². The van der Waals surface area contributed by atoms with Gasteiger partial charge in [0, 0.05) is 52.7 Å². The number of carbonyl (C=O) groups is 1. The number of piperazine rings is 1. The Balaban J connectivity index is 1.48. The molecule has 1 fully saturated rings. The van der Waals surface area contributed by atoms with E-state index in [0.29, 0.717) is 21.6 Å². The molecule has 27 heavy (non-hydrogen) atoms. The van der Waals surface area contributed by atoms with Gasteiger partial charge >= 0.3 is 0 Å². The smallest absolute Gasteiger partial charge is 0.232 e. The van der Waals surface area contributed by atoms with Gasteiger partial charge in [-0.25, -0.2) is 0 Å². The third-order valence-electron chi connectivity index (χ3n) is 4.64. The van der Waals surface area contributed by atoms with Crippen LogP contribution in [0.25, 0.3) is 0 Å². The molecule has 7 heteroatoms. The molecule has 0 aromatic heterocycles. The predicted molar refractivity (Wildman–Crippen MR) is 118 cm³/mol. The zero-order valence-electron chi connectivity index (χ0n) is 15.1. The van der Waals surface area contributed by atoms with Gasteiger partial charge in [-0.15, -0.1) is 11.8 Å². The first-order chi connectivity index (χ1) is 12.9. The Morgan fingerprint density at radius 2 is 1.67 bits per heavy atom. The first-order valence-corrected chi connectivity index (χ1v) is 11.0. The number of rotatable bonds is 5. The first kappa shape index (κ1) is 20.7. The Morgan fingerprint density at radius 1 is 1.00 bits per heavy atom. The molecule has 1 saturated heterocycles. The molecule has 0 spiro atoms. The van der Waals surface area contributed by atoms with Crippen LogP contribution in [0.4, 0.5) is 5.69 Å². The number of hydrogen-bond acceptors (Lipinski definition) is 3. The van der Waals surface area contributed by atoms with Gasteiger partial charge in [-0.3, -0.25) is 4.79 Å². The summed E-state index contributed by atoms with van der Waals surface area (Å²) < 4.78 is 0. The number of aryl methyl sites for hydroxylation is 1. The minimum atomic E-state index is 0.174. The number of nitrogens with zero attached hydrogens (tertiary/aromatic N) is 2. The third kappa shape index (κ3) is 5.47. The molecule has 2 aromatic rings. The van der Waals surface area contributed by atoms with Crippen molar-refractivity contribution >= 4 is 58.2 Å². The molecular weight excluding hydrogens is 423 g/mol. The SMILES string of the molecule is Cc1ccc(Cl)cc1N1CCN(C(=O)CSCc2ccc(Cl)cc2Cl)CC1. The van der Waals surface area contributed by atoms with E-state index in [1.165, 1.54) is 5.56 Å². The quantitative estimate of drug-likeness (QED) is 0.606. The van der Waals surface area contributed by atoms with E-state index in [0.717, 1.165) is 42.5 Å². The summed E-state index contributed by atoms with van der Waals surface area (Å²) in [5, 5.41) is 2.01. The summed E-state index contributed by atoms with van der Waals surface area (Å²) in [6.45, 7) is 5.18. The summed E-state index contributed by atoms with van der Waals surface area (Å²) in [7, 11) is 0. The van der Waals surface area contributed by atoms with Crippen molar-refractivity contribution in [2.45, 2.75) is 12.7 Å². The summed E-state index contributed by atoms with van der Waals surface area (Å²) in [6.07, 6.45) is 0. The van der Waals surface area contributed by atoms with Crippen LogP contribution in [-0.4, -0.2) is 42.7 Å². The van der Waals surface area contributed by atoms with Gasteiger partial charge in [0.15, 0.2) is 0 Å². The normalized spacial score (nSPS) is 14.5. The van der Waals surface area contributed by atoms with Gasteiger partial charge in [-0.05, 0) is 42.3 Å². The Bertz CT molecular complexity index is 823. The van der Waals surface area contributed by atoms with Crippen LogP contribution in [0.5, 0.6) is 0 Å². The minimum Gasteiger partial charge on any atom is -0.368 e. The molecule has 0 N–H and O–H groups in total. The molecule has 2 aromatic carbocycles. The molecule has 144 valence electrons. The Hall–Kier alpha value is -1.07. The highest BCUT2D eigenvalue weighted by molar-refractivity contribution is 7.99. The third-order valence-corrected chi connectivity index (χ3v) is 6.43. The molecule has 1 amide bonds. The number of hydrogen-bond donors (Lipinski definition) is 0. The van der Waals surface area contributed by atoms with Gasteiger partial charge in [-0.2, -0.15) is 0 Å². The molecule has 3 nitrogen and oxygen atoms in total. The molecule has 0 unspecified atom stereocenters. The predicted octanol–water partition coefficient (Wildman–Crippen LogP) is 5.54. The van der Waals surface area contributed by atoms with Crippen LogP contribution in [0.2, 0.25) is 15.1 Å². The van der Waals surface area contributed by atoms with Gasteiger partial charge in [0.2, 0.25) is 5.91 Å². The Labute approximate surface area is 179 Å². The van der Waals surface area contributed by atoms with Gasteiger partial charge in [0.1, 0.15) is 0 Å². The number of anilines is 1. The van der Waals surface area contributed by atoms with Crippen molar-refractivity contribution in [3.8, 4) is 0 Å². The van der Waals surface area contributed by atoms with Gasteiger partial charge in [-0.1, -0.05) is 46.9 Å². The molecule has 0 atom stereocenters. The number of halogens is 3. The maximum atomic E-state index is 12.5. The molecule has 0 aliphatic carbocycles. The molecule has 0 bridgehead atoms. The van der Waals surface area contributed by atoms with E-state index in [9.17, 15) is 4.79 Å². The molecule has 1 aliphatic heterocycles. The fraction of sp³-hybridized carbons (Fsp3) is 0.350. The van der Waals surface area contributed by atoms with Crippen molar-refractivity contribution in [3.05, 3.63) is 62.6 Å². The largest absolute Gasteiger partial charge is 0.368 e. The van der Waals surface area contributed by atoms with Crippen LogP contribution < -0.4 is 4.90 Å². The van der Waals surface area contributed by atoms with Crippen LogP contribution in [0, 0.1) is 6.92 Å². The maximum Gasteiger partial charge on any atom is 0.232 e. The summed E-state index contributed by atoms with van der Waals surface area (Å²) in [5.41, 5.74) is 3.36. The lowest BCUT2D eigenvalue weighted by molar-refractivity contribution is -0.128. The fourth-order valence-corrected chi connectivity index (χ4v) is 4.75. The Kier molecular flexibility index (Phi) is 7.21. The summed E-state index contributed by atoms with van der Waals surface area (Å²) in [5.74, 6) is 1.33. The van der Waals surface area contributed by atoms with E-state index in [1.807, 2.05) is 35.2 Å². The highest BCUT2D eigenvalue weighted by Crippen LogP contribution is 2.26. The van der Waals surface area contributed by atoms with E-state index >= 15 is 0 Å². The van der Waals surface area contributed by atoms with E-state index in [4.69, 9.17) is 34.8 Å². The number of thioether (sulfide) groups is 1. The highest BCUT2D eigenvalue weighted by Gasteiger charge is 2.22. The maximum absolute atomic E-state index is 12.5. The highest BCUT2D eigenvalue weighted by atomic mass is 35.5. The fourth-order valence-electron chi connectivity index (χ4n) is 3.10. The lowest BCUT2D eigenvalue weighted by Crippen LogP contribution is -2.49. The van der Waals surface area contributed by atoms with Crippen LogP contribution in [0.3, 0.4) is 0 Å². The van der Waals surface area contributed by atoms with Crippen molar-refractivity contribution in [1.82, 2.24) is 4.90 Å². The van der Waals surface area contributed by atoms with Crippen molar-refractivity contribution in [2.75, 3.05) is 36.8 Å².